The van der Waals surface area contributed by atoms with Gasteiger partial charge in [0.15, 0.2) is 6.10 Å². The summed E-state index contributed by atoms with van der Waals surface area (Å²) < 4.78 is 38.1. The third-order valence-corrected chi connectivity index (χ3v) is 7.12. The molecule has 0 spiro atoms. The highest BCUT2D eigenvalue weighted by molar-refractivity contribution is 7.89. The van der Waals surface area contributed by atoms with Gasteiger partial charge < -0.3 is 19.0 Å². The Labute approximate surface area is 192 Å². The summed E-state index contributed by atoms with van der Waals surface area (Å²) in [5, 5.41) is -0.0496. The second-order valence-electron chi connectivity index (χ2n) is 7.36. The fourth-order valence-corrected chi connectivity index (χ4v) is 4.83. The zero-order valence-corrected chi connectivity index (χ0v) is 19.5. The Bertz CT molecular complexity index is 1050. The summed E-state index contributed by atoms with van der Waals surface area (Å²) in [6.07, 6.45) is 0.433. The van der Waals surface area contributed by atoms with Crippen LogP contribution in [-0.4, -0.2) is 68.9 Å². The van der Waals surface area contributed by atoms with E-state index in [9.17, 15) is 18.0 Å². The van der Waals surface area contributed by atoms with Crippen LogP contribution in [0.4, 0.5) is 0 Å². The topological polar surface area (TPSA) is 109 Å². The number of hydrogen-bond donors (Lipinski definition) is 1. The monoisotopic (exact) mass is 483 g/mol. The quantitative estimate of drug-likeness (QED) is 0.573. The number of halogens is 1. The second kappa shape index (κ2) is 10.5. The molecule has 1 amide bonds. The fourth-order valence-electron chi connectivity index (χ4n) is 3.31. The van der Waals surface area contributed by atoms with Gasteiger partial charge in [0.1, 0.15) is 10.7 Å². The molecule has 0 saturated carbocycles. The van der Waals surface area contributed by atoms with Gasteiger partial charge in [-0.15, -0.1) is 0 Å². The molecule has 1 N–H and O–H groups in total. The van der Waals surface area contributed by atoms with Gasteiger partial charge in [-0.05, 0) is 43.8 Å². The van der Waals surface area contributed by atoms with Crippen molar-refractivity contribution in [3.8, 4) is 0 Å². The van der Waals surface area contributed by atoms with Gasteiger partial charge in [-0.1, -0.05) is 18.5 Å². The lowest BCUT2D eigenvalue weighted by Crippen LogP contribution is -2.51. The van der Waals surface area contributed by atoms with Crippen LogP contribution in [0.3, 0.4) is 0 Å². The van der Waals surface area contributed by atoms with Crippen LogP contribution in [-0.2, 0) is 26.1 Å². The number of hydrogen-bond acceptors (Lipinski definition) is 7. The van der Waals surface area contributed by atoms with E-state index in [2.05, 4.69) is 16.5 Å². The third-order valence-electron chi connectivity index (χ3n) is 5.24. The van der Waals surface area contributed by atoms with Crippen LogP contribution in [0.25, 0.3) is 0 Å². The largest absolute Gasteiger partial charge is 0.468 e. The Morgan fingerprint density at radius 3 is 2.56 bits per heavy atom. The van der Waals surface area contributed by atoms with Gasteiger partial charge in [0.05, 0.1) is 23.4 Å². The van der Waals surface area contributed by atoms with Gasteiger partial charge in [-0.3, -0.25) is 4.79 Å². The molecule has 9 nitrogen and oxygen atoms in total. The average molecular weight is 484 g/mol. The molecule has 1 aromatic heterocycles. The first-order valence-corrected chi connectivity index (χ1v) is 12.1. The molecule has 0 unspecified atom stereocenters. The molecule has 0 bridgehead atoms. The zero-order chi connectivity index (χ0) is 23.3. The van der Waals surface area contributed by atoms with Crippen LogP contribution >= 0.6 is 11.6 Å². The number of benzene rings is 1. The van der Waals surface area contributed by atoms with E-state index in [1.54, 1.807) is 17.0 Å². The number of piperazine rings is 1. The zero-order valence-electron chi connectivity index (χ0n) is 17.9. The van der Waals surface area contributed by atoms with Gasteiger partial charge in [-0.2, -0.15) is 0 Å². The molecule has 2 heterocycles. The summed E-state index contributed by atoms with van der Waals surface area (Å²) in [6, 6.07) is 7.05. The maximum atomic E-state index is 12.7. The summed E-state index contributed by atoms with van der Waals surface area (Å²) >= 11 is 6.07. The second-order valence-corrected chi connectivity index (χ2v) is 9.50. The summed E-state index contributed by atoms with van der Waals surface area (Å²) in [7, 11) is -4.02. The normalized spacial score (nSPS) is 16.0. The fraction of sp³-hybridized carbons (Fsp3) is 0.429. The predicted octanol–water partition coefficient (Wildman–Crippen LogP) is 2.12. The molecular weight excluding hydrogens is 458 g/mol. The van der Waals surface area contributed by atoms with Crippen LogP contribution in [0.15, 0.2) is 45.9 Å². The molecule has 174 valence electrons. The number of ether oxygens (including phenoxy) is 1. The van der Waals surface area contributed by atoms with Crippen molar-refractivity contribution in [1.29, 1.82) is 0 Å². The third kappa shape index (κ3) is 5.89. The molecule has 11 heteroatoms. The first-order chi connectivity index (χ1) is 15.2. The molecule has 1 fully saturated rings. The Hall–Kier alpha value is -2.40. The van der Waals surface area contributed by atoms with E-state index in [0.717, 1.165) is 25.7 Å². The highest BCUT2D eigenvalue weighted by atomic mass is 35.5. The number of nitrogens with one attached hydrogen (secondary N) is 1. The molecule has 3 rings (SSSR count). The number of esters is 1. The molecule has 2 aromatic rings. The van der Waals surface area contributed by atoms with Crippen molar-refractivity contribution >= 4 is 33.5 Å². The van der Waals surface area contributed by atoms with E-state index < -0.39 is 22.1 Å². The van der Waals surface area contributed by atoms with Crippen LogP contribution in [0.2, 0.25) is 5.02 Å². The van der Waals surface area contributed by atoms with E-state index in [1.165, 1.54) is 25.3 Å². The van der Waals surface area contributed by atoms with Gasteiger partial charge in [-0.25, -0.2) is 17.9 Å². The number of carbonyl (C=O) groups is 2. The molecule has 1 atom stereocenters. The Kier molecular flexibility index (Phi) is 7.94. The number of likely N-dealkylation sites (N-methyl/N-ethyl adjacent to an activating group) is 1. The Morgan fingerprint density at radius 1 is 1.22 bits per heavy atom. The first-order valence-electron chi connectivity index (χ1n) is 10.2. The minimum atomic E-state index is -4.02. The molecule has 1 saturated heterocycles. The van der Waals surface area contributed by atoms with Crippen molar-refractivity contribution < 1.29 is 27.2 Å². The number of sulfonamides is 1. The highest BCUT2D eigenvalue weighted by Crippen LogP contribution is 2.24. The Balaban J connectivity index is 1.66. The number of carbonyl (C=O) groups excluding carboxylic acids is 2. The summed E-state index contributed by atoms with van der Waals surface area (Å²) in [5.74, 6) is -0.666. The van der Waals surface area contributed by atoms with Crippen LogP contribution in [0, 0.1) is 0 Å². The van der Waals surface area contributed by atoms with Crippen molar-refractivity contribution in [2.45, 2.75) is 31.4 Å². The van der Waals surface area contributed by atoms with E-state index in [-0.39, 0.29) is 27.9 Å². The predicted molar refractivity (Wildman–Crippen MR) is 118 cm³/mol. The smallest absolute Gasteiger partial charge is 0.338 e. The maximum Gasteiger partial charge on any atom is 0.338 e. The maximum absolute atomic E-state index is 12.7. The number of amides is 1. The van der Waals surface area contributed by atoms with Crippen molar-refractivity contribution in [3.63, 3.8) is 0 Å². The summed E-state index contributed by atoms with van der Waals surface area (Å²) in [6.45, 7) is 7.10. The van der Waals surface area contributed by atoms with E-state index >= 15 is 0 Å². The lowest BCUT2D eigenvalue weighted by molar-refractivity contribution is -0.141. The van der Waals surface area contributed by atoms with Gasteiger partial charge >= 0.3 is 5.97 Å². The van der Waals surface area contributed by atoms with Crippen LogP contribution in [0.1, 0.15) is 30.0 Å². The van der Waals surface area contributed by atoms with E-state index in [1.807, 2.05) is 0 Å². The molecule has 0 radical (unpaired) electrons. The highest BCUT2D eigenvalue weighted by Gasteiger charge is 2.28. The molecule has 32 heavy (non-hydrogen) atoms. The van der Waals surface area contributed by atoms with Crippen molar-refractivity contribution in [1.82, 2.24) is 14.5 Å². The molecule has 0 aliphatic carbocycles. The molecular formula is C21H26ClN3O6S. The first kappa shape index (κ1) is 24.2. The van der Waals surface area contributed by atoms with Crippen LogP contribution < -0.4 is 4.72 Å². The van der Waals surface area contributed by atoms with Crippen molar-refractivity contribution in [2.75, 3.05) is 32.7 Å². The van der Waals surface area contributed by atoms with Gasteiger partial charge in [0, 0.05) is 26.2 Å². The molecule has 1 aliphatic rings. The lowest BCUT2D eigenvalue weighted by Gasteiger charge is -2.35. The molecule has 1 aromatic carbocycles. The summed E-state index contributed by atoms with van der Waals surface area (Å²) in [4.78, 5) is 28.9. The number of furan rings is 1. The van der Waals surface area contributed by atoms with Crippen LogP contribution in [0.5, 0.6) is 0 Å². The standard InChI is InChI=1S/C21H26ClN3O6S/c1-3-24-8-10-25(11-9-24)20(26)15(2)31-21(27)16-6-7-18(22)19(13-16)32(28,29)23-14-17-5-4-12-30-17/h4-7,12-13,15,23H,3,8-11,14H2,1-2H3/t15-/m1/s1. The van der Waals surface area contributed by atoms with Gasteiger partial charge in [0.25, 0.3) is 5.91 Å². The van der Waals surface area contributed by atoms with Crippen molar-refractivity contribution in [3.05, 3.63) is 52.9 Å². The number of nitrogens with zero attached hydrogens (tertiary/aromatic N) is 2. The SMILES string of the molecule is CCN1CCN(C(=O)[C@@H](C)OC(=O)c2ccc(Cl)c(S(=O)(=O)NCc3ccco3)c2)CC1. The van der Waals surface area contributed by atoms with E-state index in [0.29, 0.717) is 18.8 Å². The minimum absolute atomic E-state index is 0.0248. The van der Waals surface area contributed by atoms with E-state index in [4.69, 9.17) is 20.8 Å². The molecule has 1 aliphatic heterocycles. The van der Waals surface area contributed by atoms with Gasteiger partial charge in [0.2, 0.25) is 10.0 Å². The Morgan fingerprint density at radius 2 is 1.94 bits per heavy atom. The minimum Gasteiger partial charge on any atom is -0.468 e. The average Bonchev–Trinajstić information content (AvgIpc) is 3.31. The number of rotatable bonds is 8. The summed E-state index contributed by atoms with van der Waals surface area (Å²) in [5.41, 5.74) is -0.0248. The van der Waals surface area contributed by atoms with Crippen molar-refractivity contribution in [2.24, 2.45) is 0 Å². The lowest BCUT2D eigenvalue weighted by atomic mass is 10.2.